The minimum Gasteiger partial charge on any atom is -0.207 e. The van der Waals surface area contributed by atoms with Gasteiger partial charge in [0.2, 0.25) is 0 Å². The molecule has 0 spiro atoms. The second-order valence-corrected chi connectivity index (χ2v) is 5.55. The standard InChI is InChI=1S/C12H13Br2FN4/c1-19-17-11(16-18-19)6-12(7-13,8-14)9-2-4-10(15)5-3-9/h2-5H,6-8H2,1H3. The third-order valence-corrected chi connectivity index (χ3v) is 5.16. The van der Waals surface area contributed by atoms with Crippen LogP contribution >= 0.6 is 31.9 Å². The number of alkyl halides is 2. The Balaban J connectivity index is 2.33. The number of hydrogen-bond donors (Lipinski definition) is 0. The van der Waals surface area contributed by atoms with Crippen molar-refractivity contribution in [1.29, 1.82) is 0 Å². The van der Waals surface area contributed by atoms with Crippen LogP contribution in [0, 0.1) is 5.82 Å². The number of aryl methyl sites for hydroxylation is 1. The summed E-state index contributed by atoms with van der Waals surface area (Å²) in [6.45, 7) is 0. The van der Waals surface area contributed by atoms with E-state index in [1.54, 1.807) is 19.2 Å². The minimum atomic E-state index is -0.237. The topological polar surface area (TPSA) is 43.6 Å². The van der Waals surface area contributed by atoms with Crippen LogP contribution in [0.25, 0.3) is 0 Å². The summed E-state index contributed by atoms with van der Waals surface area (Å²) in [5, 5.41) is 13.5. The largest absolute Gasteiger partial charge is 0.207 e. The summed E-state index contributed by atoms with van der Waals surface area (Å²) in [4.78, 5) is 1.44. The highest BCUT2D eigenvalue weighted by atomic mass is 79.9. The van der Waals surface area contributed by atoms with E-state index in [0.29, 0.717) is 12.2 Å². The highest BCUT2D eigenvalue weighted by Gasteiger charge is 2.32. The van der Waals surface area contributed by atoms with Gasteiger partial charge in [0, 0.05) is 22.5 Å². The van der Waals surface area contributed by atoms with Crippen LogP contribution in [0.1, 0.15) is 11.4 Å². The van der Waals surface area contributed by atoms with E-state index in [4.69, 9.17) is 0 Å². The van der Waals surface area contributed by atoms with Crippen molar-refractivity contribution in [3.05, 3.63) is 41.5 Å². The molecule has 0 aliphatic heterocycles. The average molecular weight is 392 g/mol. The Morgan fingerprint density at radius 1 is 1.21 bits per heavy atom. The third kappa shape index (κ3) is 3.20. The van der Waals surface area contributed by atoms with E-state index in [-0.39, 0.29) is 11.2 Å². The van der Waals surface area contributed by atoms with E-state index in [1.165, 1.54) is 16.9 Å². The Labute approximate surface area is 127 Å². The molecular formula is C12H13Br2FN4. The molecule has 1 heterocycles. The Morgan fingerprint density at radius 2 is 1.84 bits per heavy atom. The van der Waals surface area contributed by atoms with Crippen molar-refractivity contribution in [2.24, 2.45) is 7.05 Å². The van der Waals surface area contributed by atoms with Crippen LogP contribution in [0.3, 0.4) is 0 Å². The fourth-order valence-electron chi connectivity index (χ4n) is 1.89. The van der Waals surface area contributed by atoms with Gasteiger partial charge in [0.1, 0.15) is 5.82 Å². The molecule has 7 heteroatoms. The Bertz CT molecular complexity index is 537. The predicted molar refractivity (Wildman–Crippen MR) is 78.2 cm³/mol. The molecule has 2 aromatic rings. The minimum absolute atomic E-state index is 0.225. The molecule has 2 rings (SSSR count). The maximum Gasteiger partial charge on any atom is 0.175 e. The highest BCUT2D eigenvalue weighted by molar-refractivity contribution is 9.09. The molecule has 0 bridgehead atoms. The maximum atomic E-state index is 13.1. The normalized spacial score (nSPS) is 11.8. The van der Waals surface area contributed by atoms with Crippen LogP contribution in [0.15, 0.2) is 24.3 Å². The van der Waals surface area contributed by atoms with E-state index in [2.05, 4.69) is 47.3 Å². The number of aromatic nitrogens is 4. The first-order valence-corrected chi connectivity index (χ1v) is 7.95. The molecule has 0 radical (unpaired) electrons. The molecule has 1 aromatic heterocycles. The van der Waals surface area contributed by atoms with Crippen LogP contribution < -0.4 is 0 Å². The average Bonchev–Trinajstić information content (AvgIpc) is 2.82. The first-order valence-electron chi connectivity index (χ1n) is 5.70. The van der Waals surface area contributed by atoms with Crippen LogP contribution in [0.5, 0.6) is 0 Å². The Hall–Kier alpha value is -0.820. The van der Waals surface area contributed by atoms with Crippen molar-refractivity contribution < 1.29 is 4.39 Å². The molecule has 0 atom stereocenters. The van der Waals surface area contributed by atoms with Gasteiger partial charge in [-0.3, -0.25) is 0 Å². The fourth-order valence-corrected chi connectivity index (χ4v) is 3.86. The zero-order valence-electron chi connectivity index (χ0n) is 10.4. The molecule has 0 saturated carbocycles. The molecule has 1 aromatic carbocycles. The van der Waals surface area contributed by atoms with Gasteiger partial charge in [-0.15, -0.1) is 10.2 Å². The van der Waals surface area contributed by atoms with E-state index >= 15 is 0 Å². The summed E-state index contributed by atoms with van der Waals surface area (Å²) < 4.78 is 13.1. The van der Waals surface area contributed by atoms with E-state index in [1.807, 2.05) is 0 Å². The molecular weight excluding hydrogens is 379 g/mol. The summed E-state index contributed by atoms with van der Waals surface area (Å²) in [6.07, 6.45) is 0.628. The van der Waals surface area contributed by atoms with Crippen molar-refractivity contribution >= 4 is 31.9 Å². The zero-order chi connectivity index (χ0) is 13.9. The molecule has 19 heavy (non-hydrogen) atoms. The summed E-state index contributed by atoms with van der Waals surface area (Å²) in [5.41, 5.74) is 0.812. The Morgan fingerprint density at radius 3 is 2.32 bits per heavy atom. The summed E-state index contributed by atoms with van der Waals surface area (Å²) in [5.74, 6) is 0.435. The number of hydrogen-bond acceptors (Lipinski definition) is 3. The maximum absolute atomic E-state index is 13.1. The van der Waals surface area contributed by atoms with E-state index < -0.39 is 0 Å². The van der Waals surface area contributed by atoms with Crippen LogP contribution in [-0.2, 0) is 18.9 Å². The first kappa shape index (κ1) is 14.6. The van der Waals surface area contributed by atoms with Gasteiger partial charge in [-0.05, 0) is 22.9 Å². The number of halogens is 3. The summed E-state index contributed by atoms with van der Waals surface area (Å²) >= 11 is 7.09. The van der Waals surface area contributed by atoms with Gasteiger partial charge >= 0.3 is 0 Å². The lowest BCUT2D eigenvalue weighted by Gasteiger charge is -2.29. The van der Waals surface area contributed by atoms with Gasteiger partial charge in [-0.2, -0.15) is 4.80 Å². The molecule has 0 aliphatic rings. The first-order chi connectivity index (χ1) is 9.09. The second kappa shape index (κ2) is 6.09. The molecule has 0 saturated heterocycles. The third-order valence-electron chi connectivity index (χ3n) is 3.01. The molecule has 102 valence electrons. The molecule has 4 nitrogen and oxygen atoms in total. The highest BCUT2D eigenvalue weighted by Crippen LogP contribution is 2.32. The van der Waals surface area contributed by atoms with Gasteiger partial charge in [0.25, 0.3) is 0 Å². The molecule has 0 aliphatic carbocycles. The molecule has 0 N–H and O–H groups in total. The van der Waals surface area contributed by atoms with Crippen molar-refractivity contribution in [3.8, 4) is 0 Å². The number of rotatable bonds is 5. The predicted octanol–water partition coefficient (Wildman–Crippen LogP) is 2.62. The van der Waals surface area contributed by atoms with Gasteiger partial charge < -0.3 is 0 Å². The molecule has 0 fully saturated rings. The number of benzene rings is 1. The SMILES string of the molecule is Cn1nnc(CC(CBr)(CBr)c2ccc(F)cc2)n1. The number of nitrogens with zero attached hydrogens (tertiary/aromatic N) is 4. The fraction of sp³-hybridized carbons (Fsp3) is 0.417. The quantitative estimate of drug-likeness (QED) is 0.736. The van der Waals surface area contributed by atoms with Crippen LogP contribution in [0.2, 0.25) is 0 Å². The van der Waals surface area contributed by atoms with Gasteiger partial charge in [-0.25, -0.2) is 4.39 Å². The lowest BCUT2D eigenvalue weighted by molar-refractivity contribution is 0.528. The van der Waals surface area contributed by atoms with Gasteiger partial charge in [0.05, 0.1) is 7.05 Å². The molecule has 0 unspecified atom stereocenters. The van der Waals surface area contributed by atoms with Crippen molar-refractivity contribution in [2.75, 3.05) is 10.7 Å². The van der Waals surface area contributed by atoms with Crippen LogP contribution in [0.4, 0.5) is 4.39 Å². The van der Waals surface area contributed by atoms with Gasteiger partial charge in [0.15, 0.2) is 5.82 Å². The summed E-state index contributed by atoms with van der Waals surface area (Å²) in [7, 11) is 1.73. The van der Waals surface area contributed by atoms with Crippen molar-refractivity contribution in [1.82, 2.24) is 20.2 Å². The van der Waals surface area contributed by atoms with Gasteiger partial charge in [-0.1, -0.05) is 44.0 Å². The molecule has 0 amide bonds. The number of tetrazole rings is 1. The smallest absolute Gasteiger partial charge is 0.175 e. The second-order valence-electron chi connectivity index (χ2n) is 4.43. The Kier molecular flexibility index (Phi) is 4.67. The van der Waals surface area contributed by atoms with Crippen molar-refractivity contribution in [3.63, 3.8) is 0 Å². The van der Waals surface area contributed by atoms with E-state index in [0.717, 1.165) is 16.2 Å². The monoisotopic (exact) mass is 390 g/mol. The van der Waals surface area contributed by atoms with Crippen LogP contribution in [-0.4, -0.2) is 30.9 Å². The zero-order valence-corrected chi connectivity index (χ0v) is 13.5. The van der Waals surface area contributed by atoms with E-state index in [9.17, 15) is 4.39 Å². The van der Waals surface area contributed by atoms with Crippen molar-refractivity contribution in [2.45, 2.75) is 11.8 Å². The lowest BCUT2D eigenvalue weighted by atomic mass is 9.81. The summed E-state index contributed by atoms with van der Waals surface area (Å²) in [6, 6.07) is 6.54. The lowest BCUT2D eigenvalue weighted by Crippen LogP contribution is -2.33.